The molecule has 0 spiro atoms. The highest BCUT2D eigenvalue weighted by atomic mass is 32.2. The number of hydrogen-bond acceptors (Lipinski definition) is 15. The van der Waals surface area contributed by atoms with Gasteiger partial charge in [0.2, 0.25) is 0 Å². The van der Waals surface area contributed by atoms with Gasteiger partial charge in [0, 0.05) is 34.0 Å². The second-order valence-electron chi connectivity index (χ2n) is 12.5. The summed E-state index contributed by atoms with van der Waals surface area (Å²) in [4.78, 5) is 35.6. The Kier molecular flexibility index (Phi) is 11.1. The number of nitrogens with one attached hydrogen (secondary N) is 4. The molecule has 4 amide bonds. The molecule has 0 fully saturated rings. The van der Waals surface area contributed by atoms with E-state index in [9.17, 15) is 76.5 Å². The lowest BCUT2D eigenvalue weighted by molar-refractivity contribution is 0.0944. The summed E-state index contributed by atoms with van der Waals surface area (Å²) in [6.07, 6.45) is 0. The van der Waals surface area contributed by atoms with E-state index in [-0.39, 0.29) is 44.3 Å². The number of fused-ring (bicyclic) bond motifs is 2. The van der Waals surface area contributed by atoms with Gasteiger partial charge in [-0.2, -0.15) is 33.7 Å². The Morgan fingerprint density at radius 3 is 1.13 bits per heavy atom. The number of imide groups is 2. The Bertz CT molecular complexity index is 3080. The SMILES string of the molecule is O=C(NC(=O)c1ccc(Nc2cccc3cc(S(=O)(=O)O)cc(O)c23)c(S(=O)(=O)O)c1)NC(=O)c1ccc(Nc2cccc3cc(S(=O)(=O)O)cc(O)c23)c(S(=O)(=O)O)c1. The van der Waals surface area contributed by atoms with Crippen molar-refractivity contribution < 1.29 is 76.5 Å². The predicted molar refractivity (Wildman–Crippen MR) is 210 cm³/mol. The van der Waals surface area contributed by atoms with Gasteiger partial charge in [0.25, 0.3) is 52.3 Å². The number of phenols is 2. The Labute approximate surface area is 338 Å². The molecule has 0 atom stereocenters. The average Bonchev–Trinajstić information content (AvgIpc) is 3.13. The van der Waals surface area contributed by atoms with Gasteiger partial charge in [0.05, 0.1) is 32.5 Å². The summed E-state index contributed by atoms with van der Waals surface area (Å²) in [6.45, 7) is 0. The van der Waals surface area contributed by atoms with E-state index in [1.807, 2.05) is 0 Å². The van der Waals surface area contributed by atoms with Crippen LogP contribution in [0, 0.1) is 0 Å². The Hall–Kier alpha value is -6.71. The van der Waals surface area contributed by atoms with Crippen LogP contribution in [-0.2, 0) is 40.5 Å². The van der Waals surface area contributed by atoms with Crippen molar-refractivity contribution in [2.75, 3.05) is 10.6 Å². The van der Waals surface area contributed by atoms with Crippen LogP contribution in [-0.4, -0.2) is 79.9 Å². The lowest BCUT2D eigenvalue weighted by atomic mass is 10.1. The molecule has 0 aliphatic carbocycles. The molecule has 6 rings (SSSR count). The number of aromatic hydroxyl groups is 2. The van der Waals surface area contributed by atoms with Gasteiger partial charge in [-0.1, -0.05) is 24.3 Å². The van der Waals surface area contributed by atoms with Crippen LogP contribution < -0.4 is 21.3 Å². The first-order valence-electron chi connectivity index (χ1n) is 16.2. The van der Waals surface area contributed by atoms with E-state index < -0.39 is 101 Å². The highest BCUT2D eigenvalue weighted by Gasteiger charge is 2.25. The minimum Gasteiger partial charge on any atom is -0.507 e. The molecule has 0 bridgehead atoms. The molecule has 25 heteroatoms. The third-order valence-corrected chi connectivity index (χ3v) is 11.9. The van der Waals surface area contributed by atoms with Crippen molar-refractivity contribution in [1.82, 2.24) is 10.6 Å². The summed E-state index contributed by atoms with van der Waals surface area (Å²) in [6, 6.07) is 15.5. The number of anilines is 4. The lowest BCUT2D eigenvalue weighted by Gasteiger charge is -2.15. The second kappa shape index (κ2) is 15.5. The van der Waals surface area contributed by atoms with Crippen LogP contribution in [0.25, 0.3) is 21.5 Å². The molecule has 10 N–H and O–H groups in total. The second-order valence-corrected chi connectivity index (χ2v) is 18.1. The Balaban J connectivity index is 1.21. The minimum absolute atomic E-state index is 0.0161. The first kappa shape index (κ1) is 42.9. The van der Waals surface area contributed by atoms with Gasteiger partial charge in [-0.3, -0.25) is 38.4 Å². The van der Waals surface area contributed by atoms with Crippen LogP contribution in [0.4, 0.5) is 27.5 Å². The van der Waals surface area contributed by atoms with Crippen molar-refractivity contribution in [3.8, 4) is 11.5 Å². The van der Waals surface area contributed by atoms with Crippen molar-refractivity contribution in [3.05, 3.63) is 108 Å². The zero-order valence-electron chi connectivity index (χ0n) is 29.5. The molecule has 0 heterocycles. The summed E-state index contributed by atoms with van der Waals surface area (Å²) < 4.78 is 135. The maximum absolute atomic E-state index is 13.0. The average molecular weight is 903 g/mol. The van der Waals surface area contributed by atoms with Gasteiger partial charge >= 0.3 is 6.03 Å². The first-order valence-corrected chi connectivity index (χ1v) is 22.0. The fraction of sp³-hybridized carbons (Fsp3) is 0. The molecule has 0 aromatic heterocycles. The van der Waals surface area contributed by atoms with Crippen molar-refractivity contribution >= 4 is 103 Å². The molecule has 0 saturated carbocycles. The fourth-order valence-electron chi connectivity index (χ4n) is 5.90. The van der Waals surface area contributed by atoms with Crippen LogP contribution in [0.3, 0.4) is 0 Å². The van der Waals surface area contributed by atoms with Gasteiger partial charge in [-0.05, 0) is 71.4 Å². The zero-order valence-corrected chi connectivity index (χ0v) is 32.8. The first-order chi connectivity index (χ1) is 27.8. The summed E-state index contributed by atoms with van der Waals surface area (Å²) in [5, 5.41) is 30.0. The van der Waals surface area contributed by atoms with Crippen molar-refractivity contribution in [1.29, 1.82) is 0 Å². The van der Waals surface area contributed by atoms with Gasteiger partial charge in [-0.25, -0.2) is 4.79 Å². The zero-order chi connectivity index (χ0) is 44.1. The van der Waals surface area contributed by atoms with Crippen LogP contribution in [0.1, 0.15) is 20.7 Å². The fourth-order valence-corrected chi connectivity index (χ4v) is 8.31. The van der Waals surface area contributed by atoms with E-state index in [0.717, 1.165) is 48.5 Å². The molecule has 0 aliphatic rings. The molecule has 0 aliphatic heterocycles. The molecule has 0 saturated heterocycles. The summed E-state index contributed by atoms with van der Waals surface area (Å²) in [7, 11) is -19.7. The Morgan fingerprint density at radius 2 is 0.800 bits per heavy atom. The summed E-state index contributed by atoms with van der Waals surface area (Å²) in [5.41, 5.74) is -1.86. The lowest BCUT2D eigenvalue weighted by Crippen LogP contribution is -2.42. The molecule has 6 aromatic rings. The highest BCUT2D eigenvalue weighted by molar-refractivity contribution is 7.86. The smallest absolute Gasteiger partial charge is 0.328 e. The van der Waals surface area contributed by atoms with Crippen LogP contribution >= 0.6 is 0 Å². The number of hydrogen-bond donors (Lipinski definition) is 10. The number of benzene rings is 6. The van der Waals surface area contributed by atoms with E-state index in [4.69, 9.17) is 0 Å². The van der Waals surface area contributed by atoms with Crippen LogP contribution in [0.2, 0.25) is 0 Å². The maximum Gasteiger partial charge on any atom is 0.328 e. The maximum atomic E-state index is 13.0. The number of phenolic OH excluding ortho intramolecular Hbond substituents is 2. The Morgan fingerprint density at radius 1 is 0.433 bits per heavy atom. The highest BCUT2D eigenvalue weighted by Crippen LogP contribution is 2.39. The van der Waals surface area contributed by atoms with Crippen molar-refractivity contribution in [2.24, 2.45) is 0 Å². The molecule has 0 unspecified atom stereocenters. The number of amides is 4. The largest absolute Gasteiger partial charge is 0.507 e. The van der Waals surface area contributed by atoms with Gasteiger partial charge < -0.3 is 20.8 Å². The van der Waals surface area contributed by atoms with Gasteiger partial charge in [0.15, 0.2) is 0 Å². The van der Waals surface area contributed by atoms with Gasteiger partial charge in [0.1, 0.15) is 21.3 Å². The number of rotatable bonds is 10. The van der Waals surface area contributed by atoms with E-state index in [2.05, 4.69) is 10.6 Å². The minimum atomic E-state index is -5.13. The molecule has 6 aromatic carbocycles. The molecule has 60 heavy (non-hydrogen) atoms. The molecular weight excluding hydrogens is 877 g/mol. The summed E-state index contributed by atoms with van der Waals surface area (Å²) >= 11 is 0. The third-order valence-electron chi connectivity index (χ3n) is 8.49. The number of urea groups is 1. The number of carbonyl (C=O) groups excluding carboxylic acids is 3. The van der Waals surface area contributed by atoms with Gasteiger partial charge in [-0.15, -0.1) is 0 Å². The predicted octanol–water partition coefficient (Wildman–Crippen LogP) is 4.16. The van der Waals surface area contributed by atoms with Crippen molar-refractivity contribution in [2.45, 2.75) is 19.6 Å². The quantitative estimate of drug-likeness (QED) is 0.0863. The molecule has 21 nitrogen and oxygen atoms in total. The normalized spacial score (nSPS) is 12.2. The topological polar surface area (TPSA) is 357 Å². The monoisotopic (exact) mass is 902 g/mol. The van der Waals surface area contributed by atoms with Crippen LogP contribution in [0.5, 0.6) is 11.5 Å². The van der Waals surface area contributed by atoms with E-state index in [1.165, 1.54) is 36.4 Å². The standard InChI is InChI=1S/C35H26N4O17S4/c40-27-15-21(57(45,46)47)11-17-3-1-5-25(31(17)27)36-23-9-7-19(13-29(23)59(51,52)53)33(42)38-35(44)39-34(43)20-8-10-24(30(14-20)60(54,55)56)37-26-6-2-4-18-12-22(58(48,49)50)16-28(41)32(18)26/h1-16,36-37,40-41H,(H,45,46,47)(H,48,49,50)(H,51,52,53)(H,54,55,56)(H2,38,39,42,43,44). The third kappa shape index (κ3) is 9.12. The van der Waals surface area contributed by atoms with Crippen LogP contribution in [0.15, 0.2) is 117 Å². The number of carbonyl (C=O) groups is 3. The molecule has 312 valence electrons. The van der Waals surface area contributed by atoms with Crippen molar-refractivity contribution in [3.63, 3.8) is 0 Å². The van der Waals surface area contributed by atoms with E-state index in [1.54, 1.807) is 10.6 Å². The molecular formula is C35H26N4O17S4. The molecule has 0 radical (unpaired) electrons. The van der Waals surface area contributed by atoms with E-state index in [0.29, 0.717) is 12.1 Å². The summed E-state index contributed by atoms with van der Waals surface area (Å²) in [5.74, 6) is -3.90. The van der Waals surface area contributed by atoms with E-state index >= 15 is 0 Å².